The number of rotatable bonds is 6. The molecule has 0 aliphatic rings. The molecule has 0 bridgehead atoms. The summed E-state index contributed by atoms with van der Waals surface area (Å²) in [5, 5.41) is 0.562. The zero-order chi connectivity index (χ0) is 21.8. The average molecular weight is 414 g/mol. The van der Waals surface area contributed by atoms with Crippen LogP contribution in [0.15, 0.2) is 71.5 Å². The fraction of sp³-hybridized carbons (Fsp3) is 0.120. The Bertz CT molecular complexity index is 1310. The summed E-state index contributed by atoms with van der Waals surface area (Å²) in [4.78, 5) is 18.0. The van der Waals surface area contributed by atoms with Gasteiger partial charge in [-0.2, -0.15) is 0 Å². The number of methoxy groups -OCH3 is 3. The number of aromatic nitrogens is 2. The lowest BCUT2D eigenvalue weighted by Crippen LogP contribution is -2.22. The van der Waals surface area contributed by atoms with E-state index in [1.54, 1.807) is 44.1 Å². The lowest BCUT2D eigenvalue weighted by Gasteiger charge is -2.13. The molecule has 6 heteroatoms. The fourth-order valence-electron chi connectivity index (χ4n) is 3.44. The zero-order valence-electron chi connectivity index (χ0n) is 17.5. The number of hydrogen-bond acceptors (Lipinski definition) is 5. The van der Waals surface area contributed by atoms with Crippen LogP contribution in [0.1, 0.15) is 11.4 Å². The molecule has 1 aromatic heterocycles. The van der Waals surface area contributed by atoms with Crippen molar-refractivity contribution in [2.45, 2.75) is 0 Å². The molecular formula is C25H22N2O4. The molecule has 0 N–H and O–H groups in total. The van der Waals surface area contributed by atoms with E-state index in [0.29, 0.717) is 34.0 Å². The van der Waals surface area contributed by atoms with Gasteiger partial charge in [-0.15, -0.1) is 0 Å². The van der Waals surface area contributed by atoms with Gasteiger partial charge in [0.25, 0.3) is 5.56 Å². The van der Waals surface area contributed by atoms with Crippen molar-refractivity contribution >= 4 is 23.1 Å². The van der Waals surface area contributed by atoms with Crippen molar-refractivity contribution in [3.63, 3.8) is 0 Å². The third kappa shape index (κ3) is 3.88. The molecule has 0 amide bonds. The molecule has 0 saturated carbocycles. The van der Waals surface area contributed by atoms with Gasteiger partial charge in [0.2, 0.25) is 0 Å². The fourth-order valence-corrected chi connectivity index (χ4v) is 3.44. The van der Waals surface area contributed by atoms with Crippen LogP contribution in [0.2, 0.25) is 0 Å². The summed E-state index contributed by atoms with van der Waals surface area (Å²) in [6.45, 7) is 0. The van der Waals surface area contributed by atoms with Crippen molar-refractivity contribution in [3.8, 4) is 22.9 Å². The van der Waals surface area contributed by atoms with Crippen molar-refractivity contribution in [2.24, 2.45) is 0 Å². The van der Waals surface area contributed by atoms with E-state index in [-0.39, 0.29) is 5.56 Å². The molecule has 156 valence electrons. The van der Waals surface area contributed by atoms with Crippen molar-refractivity contribution in [1.82, 2.24) is 9.55 Å². The standard InChI is InChI=1S/C25H22N2O4/c1-29-21-16-23(31-3)22(30-2)15-17(21)13-14-24-26-20-12-8-7-11-19(20)25(28)27(24)18-9-5-4-6-10-18/h4-16H,1-3H3/b14-13+. The third-order valence-corrected chi connectivity index (χ3v) is 4.96. The molecule has 0 aliphatic heterocycles. The lowest BCUT2D eigenvalue weighted by atomic mass is 10.1. The first kappa shape index (κ1) is 20.2. The number of ether oxygens (including phenoxy) is 3. The zero-order valence-corrected chi connectivity index (χ0v) is 17.5. The van der Waals surface area contributed by atoms with E-state index in [0.717, 1.165) is 11.3 Å². The molecule has 3 aromatic carbocycles. The van der Waals surface area contributed by atoms with Gasteiger partial charge in [-0.25, -0.2) is 4.98 Å². The molecule has 0 saturated heterocycles. The maximum absolute atomic E-state index is 13.3. The van der Waals surface area contributed by atoms with Gasteiger partial charge >= 0.3 is 0 Å². The van der Waals surface area contributed by atoms with Crippen molar-refractivity contribution in [2.75, 3.05) is 21.3 Å². The molecule has 0 radical (unpaired) electrons. The number of fused-ring (bicyclic) bond motifs is 1. The van der Waals surface area contributed by atoms with Crippen LogP contribution in [0.4, 0.5) is 0 Å². The van der Waals surface area contributed by atoms with Crippen LogP contribution in [-0.2, 0) is 0 Å². The lowest BCUT2D eigenvalue weighted by molar-refractivity contribution is 0.348. The highest BCUT2D eigenvalue weighted by molar-refractivity contribution is 5.80. The monoisotopic (exact) mass is 414 g/mol. The Hall–Kier alpha value is -4.06. The van der Waals surface area contributed by atoms with Crippen LogP contribution in [0, 0.1) is 0 Å². The average Bonchev–Trinajstić information content (AvgIpc) is 2.82. The van der Waals surface area contributed by atoms with Crippen LogP contribution >= 0.6 is 0 Å². The molecule has 0 unspecified atom stereocenters. The summed E-state index contributed by atoms with van der Waals surface area (Å²) in [7, 11) is 4.74. The highest BCUT2D eigenvalue weighted by Gasteiger charge is 2.13. The second-order valence-electron chi connectivity index (χ2n) is 6.75. The minimum atomic E-state index is -0.129. The second kappa shape index (κ2) is 8.75. The maximum atomic E-state index is 13.3. The normalized spacial score (nSPS) is 11.1. The van der Waals surface area contributed by atoms with Gasteiger partial charge in [-0.1, -0.05) is 30.3 Å². The van der Waals surface area contributed by atoms with Crippen LogP contribution in [-0.4, -0.2) is 30.9 Å². The number of nitrogens with zero attached hydrogens (tertiary/aromatic N) is 2. The first-order valence-electron chi connectivity index (χ1n) is 9.71. The number of para-hydroxylation sites is 2. The highest BCUT2D eigenvalue weighted by atomic mass is 16.5. The van der Waals surface area contributed by atoms with Gasteiger partial charge in [0, 0.05) is 11.6 Å². The van der Waals surface area contributed by atoms with Crippen LogP contribution < -0.4 is 19.8 Å². The number of hydrogen-bond donors (Lipinski definition) is 0. The summed E-state index contributed by atoms with van der Waals surface area (Å²) < 4.78 is 17.9. The van der Waals surface area contributed by atoms with Gasteiger partial charge in [-0.3, -0.25) is 9.36 Å². The summed E-state index contributed by atoms with van der Waals surface area (Å²) in [5.41, 5.74) is 2.01. The Morgan fingerprint density at radius 1 is 0.774 bits per heavy atom. The van der Waals surface area contributed by atoms with Crippen molar-refractivity contribution in [3.05, 3.63) is 88.5 Å². The van der Waals surface area contributed by atoms with Crippen molar-refractivity contribution in [1.29, 1.82) is 0 Å². The van der Waals surface area contributed by atoms with Gasteiger partial charge in [0.05, 0.1) is 37.9 Å². The van der Waals surface area contributed by atoms with Crippen LogP contribution in [0.25, 0.3) is 28.7 Å². The maximum Gasteiger partial charge on any atom is 0.266 e. The van der Waals surface area contributed by atoms with Gasteiger partial charge < -0.3 is 14.2 Å². The van der Waals surface area contributed by atoms with E-state index in [1.807, 2.05) is 60.7 Å². The van der Waals surface area contributed by atoms with Crippen LogP contribution in [0.5, 0.6) is 17.2 Å². The van der Waals surface area contributed by atoms with E-state index in [2.05, 4.69) is 0 Å². The molecule has 0 atom stereocenters. The smallest absolute Gasteiger partial charge is 0.266 e. The molecule has 1 heterocycles. The minimum absolute atomic E-state index is 0.129. The Kier molecular flexibility index (Phi) is 5.71. The van der Waals surface area contributed by atoms with Gasteiger partial charge in [0.15, 0.2) is 11.5 Å². The van der Waals surface area contributed by atoms with Crippen LogP contribution in [0.3, 0.4) is 0 Å². The third-order valence-electron chi connectivity index (χ3n) is 4.96. The molecule has 0 fully saturated rings. The topological polar surface area (TPSA) is 62.6 Å². The summed E-state index contributed by atoms with van der Waals surface area (Å²) in [6.07, 6.45) is 3.64. The molecule has 4 aromatic rings. The van der Waals surface area contributed by atoms with Gasteiger partial charge in [-0.05, 0) is 42.5 Å². The predicted octanol–water partition coefficient (Wildman–Crippen LogP) is 4.58. The first-order valence-corrected chi connectivity index (χ1v) is 9.71. The van der Waals surface area contributed by atoms with E-state index < -0.39 is 0 Å². The largest absolute Gasteiger partial charge is 0.496 e. The molecule has 4 rings (SSSR count). The highest BCUT2D eigenvalue weighted by Crippen LogP contribution is 2.35. The summed E-state index contributed by atoms with van der Waals surface area (Å²) in [6, 6.07) is 20.4. The Balaban J connectivity index is 1.91. The Morgan fingerprint density at radius 2 is 1.42 bits per heavy atom. The summed E-state index contributed by atoms with van der Waals surface area (Å²) in [5.74, 6) is 2.27. The first-order chi connectivity index (χ1) is 15.2. The second-order valence-corrected chi connectivity index (χ2v) is 6.75. The van der Waals surface area contributed by atoms with Gasteiger partial charge in [0.1, 0.15) is 11.6 Å². The SMILES string of the molecule is COc1cc(OC)c(OC)cc1/C=C/c1nc2ccccc2c(=O)n1-c1ccccc1. The minimum Gasteiger partial charge on any atom is -0.496 e. The quantitative estimate of drug-likeness (QED) is 0.462. The van der Waals surface area contributed by atoms with E-state index in [4.69, 9.17) is 19.2 Å². The van der Waals surface area contributed by atoms with E-state index >= 15 is 0 Å². The summed E-state index contributed by atoms with van der Waals surface area (Å²) >= 11 is 0. The molecule has 0 spiro atoms. The molecule has 6 nitrogen and oxygen atoms in total. The van der Waals surface area contributed by atoms with E-state index in [1.165, 1.54) is 0 Å². The Labute approximate surface area is 180 Å². The number of benzene rings is 3. The Morgan fingerprint density at radius 3 is 2.13 bits per heavy atom. The molecule has 31 heavy (non-hydrogen) atoms. The predicted molar refractivity (Wildman–Crippen MR) is 122 cm³/mol. The molecular weight excluding hydrogens is 392 g/mol. The van der Waals surface area contributed by atoms with Crippen molar-refractivity contribution < 1.29 is 14.2 Å². The molecule has 0 aliphatic carbocycles. The van der Waals surface area contributed by atoms with E-state index in [9.17, 15) is 4.79 Å².